The van der Waals surface area contributed by atoms with Gasteiger partial charge in [-0.2, -0.15) is 4.74 Å². The molecule has 3 rings (SSSR count). The first-order valence-corrected chi connectivity index (χ1v) is 6.63. The number of benzene rings is 1. The Kier molecular flexibility index (Phi) is 3.14. The van der Waals surface area contributed by atoms with E-state index in [0.29, 0.717) is 22.7 Å². The number of fused-ring (bicyclic) bond motifs is 1. The molecule has 0 N–H and O–H groups in total. The third-order valence-corrected chi connectivity index (χ3v) is 3.62. The molecule has 4 nitrogen and oxygen atoms in total. The topological polar surface area (TPSA) is 38.4 Å². The fraction of sp³-hybridized carbons (Fsp3) is 0.462. The summed E-state index contributed by atoms with van der Waals surface area (Å²) < 4.78 is 6.98. The highest BCUT2D eigenvalue weighted by Gasteiger charge is 2.15. The maximum Gasteiger partial charge on any atom is 0.291 e. The van der Waals surface area contributed by atoms with Gasteiger partial charge in [0.05, 0.1) is 5.39 Å². The first-order chi connectivity index (χ1) is 8.74. The predicted molar refractivity (Wildman–Crippen MR) is 70.9 cm³/mol. The van der Waals surface area contributed by atoms with Crippen LogP contribution in [0.2, 0.25) is 5.02 Å². The molecule has 96 valence electrons. The van der Waals surface area contributed by atoms with Crippen LogP contribution in [0.25, 0.3) is 11.0 Å². The van der Waals surface area contributed by atoms with Crippen LogP contribution in [0.15, 0.2) is 27.5 Å². The molecule has 0 radical (unpaired) electrons. The lowest BCUT2D eigenvalue weighted by Crippen LogP contribution is -2.34. The third kappa shape index (κ3) is 2.18. The van der Waals surface area contributed by atoms with Gasteiger partial charge in [0.2, 0.25) is 0 Å². The smallest absolute Gasteiger partial charge is 0.291 e. The first-order valence-electron chi connectivity index (χ1n) is 6.26. The number of aromatic nitrogens is 1. The number of rotatable bonds is 2. The Bertz CT molecular complexity index is 611. The largest absolute Gasteiger partial charge is 0.374 e. The molecule has 0 amide bonds. The van der Waals surface area contributed by atoms with Gasteiger partial charge in [-0.1, -0.05) is 18.0 Å². The summed E-state index contributed by atoms with van der Waals surface area (Å²) in [5.74, 6) is 0. The summed E-state index contributed by atoms with van der Waals surface area (Å²) in [7, 11) is 0. The quantitative estimate of drug-likeness (QED) is 0.839. The summed E-state index contributed by atoms with van der Waals surface area (Å²) in [5.41, 5.74) is 0.500. The molecule has 1 aromatic heterocycles. The van der Waals surface area contributed by atoms with E-state index < -0.39 is 0 Å². The van der Waals surface area contributed by atoms with E-state index in [-0.39, 0.29) is 5.56 Å². The summed E-state index contributed by atoms with van der Waals surface area (Å²) in [6.07, 6.45) is 3.67. The van der Waals surface area contributed by atoms with Crippen LogP contribution in [0.1, 0.15) is 19.3 Å². The van der Waals surface area contributed by atoms with Crippen molar-refractivity contribution in [2.75, 3.05) is 13.1 Å². The van der Waals surface area contributed by atoms with E-state index in [2.05, 4.69) is 4.90 Å². The number of nitrogens with zero attached hydrogens (tertiary/aromatic N) is 2. The van der Waals surface area contributed by atoms with E-state index in [1.165, 1.54) is 24.0 Å². The Hall–Kier alpha value is -1.26. The minimum absolute atomic E-state index is 0.0990. The van der Waals surface area contributed by atoms with Crippen LogP contribution >= 0.6 is 11.6 Å². The van der Waals surface area contributed by atoms with Crippen LogP contribution in [0.5, 0.6) is 0 Å². The Morgan fingerprint density at radius 2 is 2.00 bits per heavy atom. The molecule has 0 spiro atoms. The van der Waals surface area contributed by atoms with Crippen molar-refractivity contribution >= 4 is 22.6 Å². The summed E-state index contributed by atoms with van der Waals surface area (Å²) in [6, 6.07) is 5.14. The van der Waals surface area contributed by atoms with Crippen LogP contribution < -0.4 is 5.56 Å². The van der Waals surface area contributed by atoms with Gasteiger partial charge in [0.25, 0.3) is 5.56 Å². The van der Waals surface area contributed by atoms with Crippen molar-refractivity contribution in [3.8, 4) is 0 Å². The number of likely N-dealkylation sites (tertiary alicyclic amines) is 1. The summed E-state index contributed by atoms with van der Waals surface area (Å²) in [4.78, 5) is 14.4. The molecule has 1 fully saturated rings. The Balaban J connectivity index is 1.92. The van der Waals surface area contributed by atoms with Gasteiger partial charge >= 0.3 is 0 Å². The standard InChI is InChI=1S/C13H15ClN2O2/c14-10-4-5-12-11(8-10)13(17)16(18-12)9-15-6-2-1-3-7-15/h4-5,8H,1-3,6-7,9H2. The molecule has 0 saturated carbocycles. The predicted octanol–water partition coefficient (Wildman–Crippen LogP) is 2.69. The van der Waals surface area contributed by atoms with E-state index in [1.807, 2.05) is 0 Å². The zero-order valence-corrected chi connectivity index (χ0v) is 10.8. The lowest BCUT2D eigenvalue weighted by Gasteiger charge is -2.25. The van der Waals surface area contributed by atoms with Gasteiger partial charge in [0, 0.05) is 5.02 Å². The van der Waals surface area contributed by atoms with Crippen molar-refractivity contribution in [1.29, 1.82) is 0 Å². The average molecular weight is 267 g/mol. The van der Waals surface area contributed by atoms with E-state index in [0.717, 1.165) is 13.1 Å². The highest BCUT2D eigenvalue weighted by Crippen LogP contribution is 2.17. The van der Waals surface area contributed by atoms with Crippen molar-refractivity contribution in [1.82, 2.24) is 9.64 Å². The molecule has 1 aliphatic heterocycles. The minimum atomic E-state index is -0.0990. The van der Waals surface area contributed by atoms with Crippen LogP contribution in [-0.2, 0) is 6.67 Å². The normalized spacial score (nSPS) is 17.4. The lowest BCUT2D eigenvalue weighted by molar-refractivity contribution is 0.116. The molecule has 18 heavy (non-hydrogen) atoms. The summed E-state index contributed by atoms with van der Waals surface area (Å²) in [6.45, 7) is 2.60. The maximum absolute atomic E-state index is 12.1. The second kappa shape index (κ2) is 4.78. The fourth-order valence-corrected chi connectivity index (χ4v) is 2.59. The van der Waals surface area contributed by atoms with Gasteiger partial charge < -0.3 is 4.52 Å². The molecule has 0 aliphatic carbocycles. The van der Waals surface area contributed by atoms with Crippen LogP contribution in [0, 0.1) is 0 Å². The molecule has 1 saturated heterocycles. The van der Waals surface area contributed by atoms with Crippen molar-refractivity contribution in [3.63, 3.8) is 0 Å². The second-order valence-corrected chi connectivity index (χ2v) is 5.17. The van der Waals surface area contributed by atoms with Crippen molar-refractivity contribution in [2.24, 2.45) is 0 Å². The molecule has 1 aliphatic rings. The van der Waals surface area contributed by atoms with E-state index in [4.69, 9.17) is 16.1 Å². The molecular weight excluding hydrogens is 252 g/mol. The molecule has 5 heteroatoms. The van der Waals surface area contributed by atoms with E-state index in [1.54, 1.807) is 18.2 Å². The van der Waals surface area contributed by atoms with Crippen molar-refractivity contribution in [2.45, 2.75) is 25.9 Å². The molecule has 2 heterocycles. The van der Waals surface area contributed by atoms with Crippen molar-refractivity contribution in [3.05, 3.63) is 33.6 Å². The number of hydrogen-bond acceptors (Lipinski definition) is 3. The van der Waals surface area contributed by atoms with Gasteiger partial charge in [-0.05, 0) is 44.1 Å². The van der Waals surface area contributed by atoms with Crippen LogP contribution in [0.4, 0.5) is 0 Å². The third-order valence-electron chi connectivity index (χ3n) is 3.38. The van der Waals surface area contributed by atoms with E-state index in [9.17, 15) is 4.79 Å². The summed E-state index contributed by atoms with van der Waals surface area (Å²) in [5, 5.41) is 1.12. The first kappa shape index (κ1) is 11.8. The zero-order valence-electron chi connectivity index (χ0n) is 10.1. The highest BCUT2D eigenvalue weighted by molar-refractivity contribution is 6.31. The number of halogens is 1. The Morgan fingerprint density at radius 1 is 1.22 bits per heavy atom. The maximum atomic E-state index is 12.1. The highest BCUT2D eigenvalue weighted by atomic mass is 35.5. The van der Waals surface area contributed by atoms with Crippen molar-refractivity contribution < 1.29 is 4.52 Å². The molecular formula is C13H15ClN2O2. The van der Waals surface area contributed by atoms with E-state index >= 15 is 0 Å². The van der Waals surface area contributed by atoms with Crippen LogP contribution in [0.3, 0.4) is 0 Å². The molecule has 1 aromatic carbocycles. The van der Waals surface area contributed by atoms with Gasteiger partial charge in [-0.25, -0.2) is 0 Å². The average Bonchev–Trinajstić information content (AvgIpc) is 2.68. The van der Waals surface area contributed by atoms with Gasteiger partial charge in [0.15, 0.2) is 5.58 Å². The molecule has 2 aromatic rings. The number of piperidine rings is 1. The molecule has 0 unspecified atom stereocenters. The minimum Gasteiger partial charge on any atom is -0.374 e. The summed E-state index contributed by atoms with van der Waals surface area (Å²) >= 11 is 5.89. The molecule has 0 atom stereocenters. The Morgan fingerprint density at radius 3 is 2.78 bits per heavy atom. The lowest BCUT2D eigenvalue weighted by atomic mass is 10.1. The fourth-order valence-electron chi connectivity index (χ4n) is 2.42. The Labute approximate surface area is 110 Å². The molecule has 0 bridgehead atoms. The van der Waals surface area contributed by atoms with Gasteiger partial charge in [-0.15, -0.1) is 0 Å². The number of hydrogen-bond donors (Lipinski definition) is 0. The zero-order chi connectivity index (χ0) is 12.5. The second-order valence-electron chi connectivity index (χ2n) is 4.74. The van der Waals surface area contributed by atoms with Gasteiger partial charge in [-0.3, -0.25) is 9.69 Å². The SMILES string of the molecule is O=c1c2cc(Cl)ccc2on1CN1CCCCC1. The van der Waals surface area contributed by atoms with Gasteiger partial charge in [0.1, 0.15) is 6.67 Å². The monoisotopic (exact) mass is 266 g/mol. The van der Waals surface area contributed by atoms with Crippen LogP contribution in [-0.4, -0.2) is 22.7 Å².